The molecule has 0 fully saturated rings. The number of fused-ring (bicyclic) bond motifs is 3. The molecule has 0 spiro atoms. The molecular formula is C29H38BrNO2. The van der Waals surface area contributed by atoms with Crippen molar-refractivity contribution in [2.24, 2.45) is 0 Å². The zero-order valence-electron chi connectivity index (χ0n) is 20.5. The Hall–Kier alpha value is -2.12. The van der Waals surface area contributed by atoms with Crippen LogP contribution in [0.25, 0.3) is 10.8 Å². The van der Waals surface area contributed by atoms with Crippen molar-refractivity contribution in [3.8, 4) is 12.3 Å². The van der Waals surface area contributed by atoms with Crippen molar-refractivity contribution in [3.05, 3.63) is 42.0 Å². The fraction of sp³-hybridized carbons (Fsp3) is 0.517. The van der Waals surface area contributed by atoms with E-state index in [4.69, 9.17) is 11.2 Å². The Labute approximate surface area is 210 Å². The molecular weight excluding hydrogens is 474 g/mol. The number of unbranched alkanes of at least 4 members (excludes halogenated alkanes) is 7. The predicted molar refractivity (Wildman–Crippen MR) is 134 cm³/mol. The number of halogens is 1. The van der Waals surface area contributed by atoms with Gasteiger partial charge < -0.3 is 21.7 Å². The third kappa shape index (κ3) is 6.70. The molecule has 0 N–H and O–H groups in total. The van der Waals surface area contributed by atoms with Crippen LogP contribution in [-0.2, 0) is 14.9 Å². The Morgan fingerprint density at radius 3 is 2.30 bits per heavy atom. The fourth-order valence-corrected chi connectivity index (χ4v) is 4.92. The number of hydrogen-bond acceptors (Lipinski definition) is 2. The number of hydrogen-bond donors (Lipinski definition) is 0. The van der Waals surface area contributed by atoms with E-state index in [1.807, 2.05) is 0 Å². The highest BCUT2D eigenvalue weighted by atomic mass is 79.9. The van der Waals surface area contributed by atoms with Crippen LogP contribution in [0.2, 0.25) is 0 Å². The number of rotatable bonds is 12. The number of carbonyl (C=O) groups excluding carboxylic acids is 1. The van der Waals surface area contributed by atoms with Crippen LogP contribution < -0.4 is 17.0 Å². The Bertz CT molecular complexity index is 1020. The molecule has 0 saturated heterocycles. The van der Waals surface area contributed by atoms with E-state index in [0.29, 0.717) is 6.42 Å². The van der Waals surface area contributed by atoms with Crippen LogP contribution in [0.15, 0.2) is 36.4 Å². The lowest BCUT2D eigenvalue weighted by atomic mass is 9.80. The van der Waals surface area contributed by atoms with Crippen LogP contribution >= 0.6 is 0 Å². The molecule has 0 saturated carbocycles. The Morgan fingerprint density at radius 1 is 0.970 bits per heavy atom. The molecule has 4 heteroatoms. The molecule has 178 valence electrons. The topological polar surface area (TPSA) is 29.3 Å². The fourth-order valence-electron chi connectivity index (χ4n) is 4.92. The van der Waals surface area contributed by atoms with Crippen molar-refractivity contribution in [1.82, 2.24) is 0 Å². The highest BCUT2D eigenvalue weighted by Gasteiger charge is 2.43. The molecule has 1 heterocycles. The van der Waals surface area contributed by atoms with Crippen molar-refractivity contribution in [3.63, 3.8) is 0 Å². The van der Waals surface area contributed by atoms with E-state index in [1.165, 1.54) is 66.3 Å². The van der Waals surface area contributed by atoms with Gasteiger partial charge >= 0.3 is 5.97 Å². The summed E-state index contributed by atoms with van der Waals surface area (Å²) in [6.45, 7) is 8.22. The van der Waals surface area contributed by atoms with E-state index in [1.54, 1.807) is 0 Å². The summed E-state index contributed by atoms with van der Waals surface area (Å²) in [4.78, 5) is 11.4. The summed E-state index contributed by atoms with van der Waals surface area (Å²) in [7, 11) is 0. The first-order valence-electron chi connectivity index (χ1n) is 12.2. The van der Waals surface area contributed by atoms with Crippen LogP contribution in [0, 0.1) is 12.3 Å². The van der Waals surface area contributed by atoms with Crippen LogP contribution in [0.4, 0.5) is 5.69 Å². The maximum Gasteiger partial charge on any atom is 0.306 e. The third-order valence-electron chi connectivity index (χ3n) is 6.96. The average molecular weight is 513 g/mol. The van der Waals surface area contributed by atoms with Gasteiger partial charge in [0, 0.05) is 31.4 Å². The van der Waals surface area contributed by atoms with Crippen molar-refractivity contribution in [2.45, 2.75) is 84.0 Å². The lowest BCUT2D eigenvalue weighted by Crippen LogP contribution is -3.00. The smallest absolute Gasteiger partial charge is 0.306 e. The molecule has 33 heavy (non-hydrogen) atoms. The van der Waals surface area contributed by atoms with Gasteiger partial charge in [-0.05, 0) is 43.5 Å². The molecule has 2 aromatic rings. The van der Waals surface area contributed by atoms with Crippen LogP contribution in [0.5, 0.6) is 0 Å². The minimum atomic E-state index is -0.172. The first-order chi connectivity index (χ1) is 15.5. The maximum atomic E-state index is 11.4. The summed E-state index contributed by atoms with van der Waals surface area (Å²) < 4.78 is 7.44. The number of benzene rings is 2. The summed E-state index contributed by atoms with van der Waals surface area (Å²) in [5.74, 6) is 2.15. The van der Waals surface area contributed by atoms with E-state index in [0.717, 1.165) is 19.4 Å². The molecule has 1 aliphatic heterocycles. The summed E-state index contributed by atoms with van der Waals surface area (Å²) >= 11 is 0. The molecule has 3 rings (SSSR count). The van der Waals surface area contributed by atoms with Gasteiger partial charge in [-0.25, -0.2) is 0 Å². The van der Waals surface area contributed by atoms with Gasteiger partial charge in [0.25, 0.3) is 0 Å². The zero-order chi connectivity index (χ0) is 23.0. The Kier molecular flexibility index (Phi) is 10.6. The number of carbonyl (C=O) groups is 1. The summed E-state index contributed by atoms with van der Waals surface area (Å²) in [5.41, 5.74) is 4.41. The minimum absolute atomic E-state index is 0. The number of nitrogens with zero attached hydrogens (tertiary/aromatic N) is 1. The lowest BCUT2D eigenvalue weighted by molar-refractivity contribution is -0.439. The van der Waals surface area contributed by atoms with E-state index < -0.39 is 0 Å². The van der Waals surface area contributed by atoms with Gasteiger partial charge in [-0.3, -0.25) is 4.79 Å². The lowest BCUT2D eigenvalue weighted by Gasteiger charge is -2.17. The number of ether oxygens (including phenoxy) is 1. The van der Waals surface area contributed by atoms with Crippen LogP contribution in [-0.4, -0.2) is 29.4 Å². The van der Waals surface area contributed by atoms with Crippen molar-refractivity contribution >= 4 is 28.1 Å². The number of terminal acetylenes is 1. The SMILES string of the molecule is C#CCOC(=O)CCCCCCCCCC[N+]1=C(C)C(C)(C)c2c1ccc1ccccc21.[Br-]. The normalized spacial score (nSPS) is 14.0. The first-order valence-corrected chi connectivity index (χ1v) is 12.2. The van der Waals surface area contributed by atoms with E-state index >= 15 is 0 Å². The summed E-state index contributed by atoms with van der Waals surface area (Å²) in [5, 5.41) is 2.72. The summed E-state index contributed by atoms with van der Waals surface area (Å²) in [6, 6.07) is 13.4. The van der Waals surface area contributed by atoms with Crippen molar-refractivity contribution in [2.75, 3.05) is 13.2 Å². The second-order valence-electron chi connectivity index (χ2n) is 9.49. The molecule has 0 atom stereocenters. The van der Waals surface area contributed by atoms with Gasteiger partial charge in [0.1, 0.15) is 6.54 Å². The van der Waals surface area contributed by atoms with Crippen molar-refractivity contribution < 1.29 is 31.1 Å². The van der Waals surface area contributed by atoms with Gasteiger partial charge in [-0.15, -0.1) is 6.42 Å². The standard InChI is InChI=1S/C29H38NO2.BrH/c1-5-22-32-27(31)18-12-10-8-6-7-9-11-15-21-30-23(2)29(3,4)28-25-17-14-13-16-24(25)19-20-26(28)30;/h1,13-14,16-17,19-20H,6-12,15,18,21-22H2,2-4H3;1H/q+1;/p-1. The molecule has 0 amide bonds. The molecule has 3 nitrogen and oxygen atoms in total. The Balaban J connectivity index is 0.00000385. The summed E-state index contributed by atoms with van der Waals surface area (Å²) in [6.07, 6.45) is 15.0. The highest BCUT2D eigenvalue weighted by molar-refractivity contribution is 6.01. The highest BCUT2D eigenvalue weighted by Crippen LogP contribution is 2.43. The van der Waals surface area contributed by atoms with Crippen LogP contribution in [0.1, 0.15) is 84.1 Å². The van der Waals surface area contributed by atoms with Gasteiger partial charge in [0.2, 0.25) is 5.69 Å². The molecule has 0 bridgehead atoms. The molecule has 1 aliphatic rings. The number of esters is 1. The van der Waals surface area contributed by atoms with Crippen molar-refractivity contribution in [1.29, 1.82) is 0 Å². The second kappa shape index (κ2) is 12.9. The first kappa shape index (κ1) is 27.1. The average Bonchev–Trinajstić information content (AvgIpc) is 2.99. The predicted octanol–water partition coefficient (Wildman–Crippen LogP) is 3.93. The molecule has 0 radical (unpaired) electrons. The molecule has 0 unspecified atom stereocenters. The monoisotopic (exact) mass is 511 g/mol. The van der Waals surface area contributed by atoms with E-state index in [9.17, 15) is 4.79 Å². The Morgan fingerprint density at radius 2 is 1.61 bits per heavy atom. The van der Waals surface area contributed by atoms with Gasteiger partial charge in [-0.2, -0.15) is 4.58 Å². The second-order valence-corrected chi connectivity index (χ2v) is 9.49. The van der Waals surface area contributed by atoms with E-state index in [-0.39, 0.29) is 35.0 Å². The quantitative estimate of drug-likeness (QED) is 0.187. The largest absolute Gasteiger partial charge is 1.00 e. The van der Waals surface area contributed by atoms with Gasteiger partial charge in [-0.1, -0.05) is 62.3 Å². The molecule has 2 aromatic carbocycles. The molecule has 0 aliphatic carbocycles. The maximum absolute atomic E-state index is 11.4. The molecule has 0 aromatic heterocycles. The van der Waals surface area contributed by atoms with E-state index in [2.05, 4.69) is 67.7 Å². The van der Waals surface area contributed by atoms with Crippen LogP contribution in [0.3, 0.4) is 0 Å². The minimum Gasteiger partial charge on any atom is -1.00 e. The van der Waals surface area contributed by atoms with Gasteiger partial charge in [0.15, 0.2) is 12.3 Å². The van der Waals surface area contributed by atoms with Gasteiger partial charge in [0.05, 0.1) is 5.41 Å². The zero-order valence-corrected chi connectivity index (χ0v) is 22.0. The third-order valence-corrected chi connectivity index (χ3v) is 6.96.